The SMILES string of the molecule is C[Si](C)(C)c1ccc(N(c2ccc(C#N)cc2)c2ccc(/C=C/c3ccc(/C=C/c4ccc(N(c5ccc(C#N)cc5)c5ccc([Si](C)(C)C)cc5)cc4)cc3)cc2)cc1. The van der Waals surface area contributed by atoms with Gasteiger partial charge in [-0.2, -0.15) is 10.5 Å². The first-order chi connectivity index (χ1) is 28.9. The summed E-state index contributed by atoms with van der Waals surface area (Å²) in [5.74, 6) is 0. The Morgan fingerprint density at radius 3 is 0.733 bits per heavy atom. The molecule has 0 radical (unpaired) electrons. The molecule has 4 nitrogen and oxygen atoms in total. The lowest BCUT2D eigenvalue weighted by Gasteiger charge is -2.26. The van der Waals surface area contributed by atoms with Crippen LogP contribution in [0.4, 0.5) is 34.1 Å². The number of hydrogen-bond donors (Lipinski definition) is 0. The molecule has 7 aromatic carbocycles. The van der Waals surface area contributed by atoms with Gasteiger partial charge in [0, 0.05) is 34.1 Å². The Morgan fingerprint density at radius 1 is 0.317 bits per heavy atom. The number of rotatable bonds is 12. The van der Waals surface area contributed by atoms with Gasteiger partial charge in [0.25, 0.3) is 0 Å². The second-order valence-corrected chi connectivity index (χ2v) is 27.3. The van der Waals surface area contributed by atoms with E-state index in [1.54, 1.807) is 0 Å². The van der Waals surface area contributed by atoms with E-state index in [1.807, 2.05) is 48.5 Å². The van der Waals surface area contributed by atoms with E-state index in [1.165, 1.54) is 10.4 Å². The number of nitriles is 2. The van der Waals surface area contributed by atoms with E-state index in [0.29, 0.717) is 11.1 Å². The van der Waals surface area contributed by atoms with Crippen molar-refractivity contribution in [2.45, 2.75) is 39.3 Å². The van der Waals surface area contributed by atoms with Crippen LogP contribution in [0.1, 0.15) is 33.4 Å². The molecule has 0 heterocycles. The molecule has 0 spiro atoms. The van der Waals surface area contributed by atoms with Crippen LogP contribution in [0, 0.1) is 22.7 Å². The molecule has 60 heavy (non-hydrogen) atoms. The Labute approximate surface area is 358 Å². The molecule has 0 aromatic heterocycles. The van der Waals surface area contributed by atoms with Gasteiger partial charge in [0.15, 0.2) is 0 Å². The number of nitrogens with zero attached hydrogens (tertiary/aromatic N) is 4. The zero-order chi connectivity index (χ0) is 42.3. The van der Waals surface area contributed by atoms with Crippen molar-refractivity contribution in [3.63, 3.8) is 0 Å². The maximum atomic E-state index is 9.38. The fourth-order valence-electron chi connectivity index (χ4n) is 7.06. The van der Waals surface area contributed by atoms with Gasteiger partial charge in [0.05, 0.1) is 39.4 Å². The molecule has 0 aliphatic rings. The van der Waals surface area contributed by atoms with E-state index in [4.69, 9.17) is 0 Å². The zero-order valence-electron chi connectivity index (χ0n) is 35.3. The van der Waals surface area contributed by atoms with Crippen LogP contribution in [0.3, 0.4) is 0 Å². The van der Waals surface area contributed by atoms with Gasteiger partial charge in [0.1, 0.15) is 0 Å². The lowest BCUT2D eigenvalue weighted by atomic mass is 10.1. The topological polar surface area (TPSA) is 54.1 Å². The maximum Gasteiger partial charge on any atom is 0.0991 e. The molecule has 0 fully saturated rings. The molecule has 0 aliphatic heterocycles. The summed E-state index contributed by atoms with van der Waals surface area (Å²) in [7, 11) is -2.86. The first kappa shape index (κ1) is 41.2. The van der Waals surface area contributed by atoms with Gasteiger partial charge in [-0.1, -0.05) is 147 Å². The van der Waals surface area contributed by atoms with Gasteiger partial charge < -0.3 is 9.80 Å². The highest BCUT2D eigenvalue weighted by molar-refractivity contribution is 6.89. The van der Waals surface area contributed by atoms with Crippen LogP contribution in [-0.2, 0) is 0 Å². The summed E-state index contributed by atoms with van der Waals surface area (Å²) in [5.41, 5.74) is 12.1. The molecular formula is C54H50N4Si2. The van der Waals surface area contributed by atoms with Crippen LogP contribution in [-0.4, -0.2) is 16.1 Å². The highest BCUT2D eigenvalue weighted by atomic mass is 28.3. The smallest absolute Gasteiger partial charge is 0.0991 e. The van der Waals surface area contributed by atoms with Gasteiger partial charge in [-0.05, 0) is 119 Å². The Morgan fingerprint density at radius 2 is 0.517 bits per heavy atom. The Kier molecular flexibility index (Phi) is 12.3. The predicted molar refractivity (Wildman–Crippen MR) is 262 cm³/mol. The minimum atomic E-state index is -1.43. The van der Waals surface area contributed by atoms with Crippen molar-refractivity contribution < 1.29 is 0 Å². The van der Waals surface area contributed by atoms with Crippen molar-refractivity contribution in [3.05, 3.63) is 203 Å². The van der Waals surface area contributed by atoms with E-state index in [0.717, 1.165) is 56.4 Å². The maximum absolute atomic E-state index is 9.38. The van der Waals surface area contributed by atoms with Crippen LogP contribution in [0.25, 0.3) is 24.3 Å². The van der Waals surface area contributed by atoms with Crippen molar-refractivity contribution in [1.29, 1.82) is 10.5 Å². The van der Waals surface area contributed by atoms with Gasteiger partial charge >= 0.3 is 0 Å². The van der Waals surface area contributed by atoms with E-state index in [-0.39, 0.29) is 0 Å². The van der Waals surface area contributed by atoms with Gasteiger partial charge in [-0.25, -0.2) is 0 Å². The Hall–Kier alpha value is -6.97. The number of hydrogen-bond acceptors (Lipinski definition) is 4. The molecule has 0 bridgehead atoms. The molecule has 0 unspecified atom stereocenters. The van der Waals surface area contributed by atoms with Crippen LogP contribution in [0.5, 0.6) is 0 Å². The average Bonchev–Trinajstić information content (AvgIpc) is 3.26. The Bertz CT molecular complexity index is 2480. The van der Waals surface area contributed by atoms with Crippen molar-refractivity contribution >= 4 is 84.9 Å². The fourth-order valence-corrected chi connectivity index (χ4v) is 9.39. The third-order valence-electron chi connectivity index (χ3n) is 10.7. The highest BCUT2D eigenvalue weighted by Crippen LogP contribution is 2.36. The molecule has 0 saturated carbocycles. The quantitative estimate of drug-likeness (QED) is 0.0911. The van der Waals surface area contributed by atoms with Crippen molar-refractivity contribution in [1.82, 2.24) is 0 Å². The largest absolute Gasteiger partial charge is 0.311 e. The molecule has 0 aliphatic carbocycles. The molecule has 294 valence electrons. The highest BCUT2D eigenvalue weighted by Gasteiger charge is 2.20. The normalized spacial score (nSPS) is 11.7. The monoisotopic (exact) mass is 810 g/mol. The van der Waals surface area contributed by atoms with Gasteiger partial charge in [-0.15, -0.1) is 0 Å². The first-order valence-electron chi connectivity index (χ1n) is 20.4. The summed E-state index contributed by atoms with van der Waals surface area (Å²) in [5, 5.41) is 21.6. The van der Waals surface area contributed by atoms with Gasteiger partial charge in [0.2, 0.25) is 0 Å². The molecule has 0 saturated heterocycles. The minimum Gasteiger partial charge on any atom is -0.311 e. The van der Waals surface area contributed by atoms with Crippen molar-refractivity contribution in [2.24, 2.45) is 0 Å². The van der Waals surface area contributed by atoms with E-state index in [2.05, 4.69) is 207 Å². The molecule has 6 heteroatoms. The van der Waals surface area contributed by atoms with E-state index >= 15 is 0 Å². The zero-order valence-corrected chi connectivity index (χ0v) is 37.3. The summed E-state index contributed by atoms with van der Waals surface area (Å²) in [6.07, 6.45) is 8.58. The standard InChI is InChI=1S/C54H50N4Si2/c1-59(2,3)53-35-31-51(32-36-53)57(49-27-19-45(39-55)20-28-49)47-23-15-43(16-24-47)13-11-41-7-9-42(10-8-41)12-14-44-17-25-48(26-18-44)58(50-29-21-46(40-56)22-30-50)52-33-37-54(38-34-52)60(4,5)6/h7-38H,1-6H3/b13-11+,14-12+. The van der Waals surface area contributed by atoms with Crippen molar-refractivity contribution in [3.8, 4) is 12.1 Å². The predicted octanol–water partition coefficient (Wildman–Crippen LogP) is 13.8. The Balaban J connectivity index is 1.04. The van der Waals surface area contributed by atoms with Crippen LogP contribution in [0.2, 0.25) is 39.3 Å². The second kappa shape index (κ2) is 17.9. The summed E-state index contributed by atoms with van der Waals surface area (Å²) < 4.78 is 0. The first-order valence-corrected chi connectivity index (χ1v) is 27.4. The molecule has 0 amide bonds. The van der Waals surface area contributed by atoms with Gasteiger partial charge in [-0.3, -0.25) is 0 Å². The lowest BCUT2D eigenvalue weighted by molar-refractivity contribution is 1.28. The third kappa shape index (κ3) is 10.00. The van der Waals surface area contributed by atoms with Crippen LogP contribution in [0.15, 0.2) is 170 Å². The van der Waals surface area contributed by atoms with Crippen LogP contribution < -0.4 is 20.2 Å². The second-order valence-electron chi connectivity index (χ2n) is 17.1. The van der Waals surface area contributed by atoms with Crippen LogP contribution >= 0.6 is 0 Å². The summed E-state index contributed by atoms with van der Waals surface area (Å²) in [4.78, 5) is 4.48. The molecule has 0 N–H and O–H groups in total. The molecule has 7 aromatic rings. The number of benzene rings is 7. The van der Waals surface area contributed by atoms with E-state index < -0.39 is 16.1 Å². The molecular weight excluding hydrogens is 761 g/mol. The summed E-state index contributed by atoms with van der Waals surface area (Å²) >= 11 is 0. The summed E-state index contributed by atoms with van der Waals surface area (Å²) in [6, 6.07) is 63.7. The van der Waals surface area contributed by atoms with Crippen molar-refractivity contribution in [2.75, 3.05) is 9.80 Å². The fraction of sp³-hybridized carbons (Fsp3) is 0.111. The average molecular weight is 811 g/mol. The lowest BCUT2D eigenvalue weighted by Crippen LogP contribution is -2.37. The van der Waals surface area contributed by atoms with E-state index in [9.17, 15) is 10.5 Å². The summed E-state index contributed by atoms with van der Waals surface area (Å²) in [6.45, 7) is 14.2. The number of anilines is 6. The molecule has 0 atom stereocenters. The minimum absolute atomic E-state index is 0.645. The third-order valence-corrected chi connectivity index (χ3v) is 14.8. The molecule has 7 rings (SSSR count).